The SMILES string of the molecule is CCOc1ccc2c(n1)c1ccccc1n2Cc1ccc(CP(=O)(OC(C)(C)C)OC(C)(C)C)cc1. The van der Waals surface area contributed by atoms with Crippen LogP contribution in [0.2, 0.25) is 0 Å². The van der Waals surface area contributed by atoms with Gasteiger partial charge in [-0.2, -0.15) is 0 Å². The van der Waals surface area contributed by atoms with Crippen LogP contribution in [0.15, 0.2) is 60.7 Å². The Morgan fingerprint density at radius 2 is 1.42 bits per heavy atom. The lowest BCUT2D eigenvalue weighted by atomic mass is 10.1. The van der Waals surface area contributed by atoms with Gasteiger partial charge in [0.05, 0.1) is 35.0 Å². The summed E-state index contributed by atoms with van der Waals surface area (Å²) in [6.45, 7) is 14.6. The molecule has 0 aliphatic carbocycles. The zero-order chi connectivity index (χ0) is 26.1. The second-order valence-electron chi connectivity index (χ2n) is 11.0. The number of nitrogens with zero attached hydrogens (tertiary/aromatic N) is 2. The summed E-state index contributed by atoms with van der Waals surface area (Å²) in [5.74, 6) is 0.636. The van der Waals surface area contributed by atoms with Crippen LogP contribution in [-0.4, -0.2) is 27.4 Å². The first-order valence-corrected chi connectivity index (χ1v) is 14.2. The van der Waals surface area contributed by atoms with Gasteiger partial charge >= 0.3 is 7.60 Å². The number of rotatable bonds is 8. The average Bonchev–Trinajstić information content (AvgIpc) is 3.06. The molecule has 36 heavy (non-hydrogen) atoms. The van der Waals surface area contributed by atoms with Gasteiger partial charge in [-0.15, -0.1) is 0 Å². The van der Waals surface area contributed by atoms with Gasteiger partial charge in [0, 0.05) is 18.0 Å². The highest BCUT2D eigenvalue weighted by atomic mass is 31.2. The minimum atomic E-state index is -3.36. The third-order valence-corrected chi connectivity index (χ3v) is 7.85. The molecule has 0 saturated heterocycles. The molecular weight excluding hydrogens is 471 g/mol. The average molecular weight is 509 g/mol. The van der Waals surface area contributed by atoms with E-state index in [9.17, 15) is 4.57 Å². The molecule has 0 amide bonds. The Morgan fingerprint density at radius 3 is 2.03 bits per heavy atom. The fourth-order valence-corrected chi connectivity index (χ4v) is 6.85. The maximum atomic E-state index is 13.7. The molecule has 0 aliphatic heterocycles. The molecule has 0 atom stereocenters. The van der Waals surface area contributed by atoms with E-state index in [1.54, 1.807) is 0 Å². The molecule has 0 saturated carbocycles. The van der Waals surface area contributed by atoms with Crippen molar-refractivity contribution in [1.29, 1.82) is 0 Å². The molecule has 0 aliphatic rings. The van der Waals surface area contributed by atoms with E-state index in [2.05, 4.69) is 34.9 Å². The fraction of sp³-hybridized carbons (Fsp3) is 0.414. The lowest BCUT2D eigenvalue weighted by Crippen LogP contribution is -2.24. The number of pyridine rings is 1. The van der Waals surface area contributed by atoms with E-state index in [1.807, 2.05) is 78.8 Å². The van der Waals surface area contributed by atoms with E-state index in [0.29, 0.717) is 19.0 Å². The fourth-order valence-electron chi connectivity index (χ4n) is 4.36. The summed E-state index contributed by atoms with van der Waals surface area (Å²) in [5, 5.41) is 1.10. The molecule has 0 spiro atoms. The Bertz CT molecular complexity index is 1380. The minimum Gasteiger partial charge on any atom is -0.478 e. The highest BCUT2D eigenvalue weighted by Crippen LogP contribution is 2.56. The van der Waals surface area contributed by atoms with Crippen molar-refractivity contribution in [3.05, 3.63) is 71.8 Å². The Balaban J connectivity index is 1.62. The van der Waals surface area contributed by atoms with E-state index in [-0.39, 0.29) is 6.16 Å². The van der Waals surface area contributed by atoms with Crippen molar-refractivity contribution in [2.24, 2.45) is 0 Å². The number of hydrogen-bond acceptors (Lipinski definition) is 5. The third kappa shape index (κ3) is 6.36. The third-order valence-electron chi connectivity index (χ3n) is 5.45. The monoisotopic (exact) mass is 508 g/mol. The van der Waals surface area contributed by atoms with Gasteiger partial charge in [-0.1, -0.05) is 42.5 Å². The largest absolute Gasteiger partial charge is 0.478 e. The normalized spacial score (nSPS) is 13.0. The Hall–Kier alpha value is -2.66. The van der Waals surface area contributed by atoms with Crippen LogP contribution in [0.5, 0.6) is 5.88 Å². The van der Waals surface area contributed by atoms with Crippen LogP contribution in [0.25, 0.3) is 21.9 Å². The van der Waals surface area contributed by atoms with Crippen molar-refractivity contribution in [3.8, 4) is 5.88 Å². The number of hydrogen-bond donors (Lipinski definition) is 0. The molecule has 0 N–H and O–H groups in total. The van der Waals surface area contributed by atoms with E-state index in [0.717, 1.165) is 33.1 Å². The predicted octanol–water partition coefficient (Wildman–Crippen LogP) is 7.96. The number of fused-ring (bicyclic) bond motifs is 3. The first kappa shape index (κ1) is 26.4. The molecule has 7 heteroatoms. The molecule has 2 aromatic heterocycles. The lowest BCUT2D eigenvalue weighted by Gasteiger charge is -2.32. The lowest BCUT2D eigenvalue weighted by molar-refractivity contribution is 0.0485. The van der Waals surface area contributed by atoms with Crippen LogP contribution in [-0.2, 0) is 26.3 Å². The van der Waals surface area contributed by atoms with Gasteiger partial charge in [0.25, 0.3) is 0 Å². The topological polar surface area (TPSA) is 62.6 Å². The number of ether oxygens (including phenoxy) is 1. The van der Waals surface area contributed by atoms with Crippen molar-refractivity contribution in [2.75, 3.05) is 6.61 Å². The van der Waals surface area contributed by atoms with Crippen LogP contribution in [0.3, 0.4) is 0 Å². The van der Waals surface area contributed by atoms with E-state index >= 15 is 0 Å². The van der Waals surface area contributed by atoms with E-state index < -0.39 is 18.8 Å². The molecule has 0 radical (unpaired) electrons. The van der Waals surface area contributed by atoms with Crippen LogP contribution >= 0.6 is 7.60 Å². The first-order valence-electron chi connectivity index (χ1n) is 12.4. The second-order valence-corrected chi connectivity index (χ2v) is 12.9. The summed E-state index contributed by atoms with van der Waals surface area (Å²) in [6.07, 6.45) is 0.224. The van der Waals surface area contributed by atoms with Crippen LogP contribution in [0, 0.1) is 0 Å². The summed E-state index contributed by atoms with van der Waals surface area (Å²) in [7, 11) is -3.36. The summed E-state index contributed by atoms with van der Waals surface area (Å²) in [4.78, 5) is 4.77. The van der Waals surface area contributed by atoms with Gasteiger partial charge in [0.15, 0.2) is 0 Å². The zero-order valence-corrected chi connectivity index (χ0v) is 23.3. The molecule has 0 bridgehead atoms. The Labute approximate surface area is 214 Å². The van der Waals surface area contributed by atoms with Gasteiger partial charge in [0.2, 0.25) is 5.88 Å². The first-order chi connectivity index (χ1) is 16.9. The standard InChI is InChI=1S/C29H37N2O4P/c1-8-33-26-18-17-25-27(30-26)23-11-9-10-12-24(23)31(25)19-21-13-15-22(16-14-21)20-36(32,34-28(2,3)4)35-29(5,6)7/h9-18H,8,19-20H2,1-7H3. The molecule has 4 aromatic rings. The summed E-state index contributed by atoms with van der Waals surface area (Å²) >= 11 is 0. The van der Waals surface area contributed by atoms with Crippen molar-refractivity contribution < 1.29 is 18.3 Å². The van der Waals surface area contributed by atoms with Gasteiger partial charge < -0.3 is 18.4 Å². The summed E-state index contributed by atoms with van der Waals surface area (Å²) in [5.41, 5.74) is 4.03. The molecule has 2 aromatic carbocycles. The Morgan fingerprint density at radius 1 is 0.806 bits per heavy atom. The molecule has 192 valence electrons. The van der Waals surface area contributed by atoms with Gasteiger partial charge in [-0.05, 0) is 71.7 Å². The highest BCUT2D eigenvalue weighted by molar-refractivity contribution is 7.53. The number of para-hydroxylation sites is 1. The maximum Gasteiger partial charge on any atom is 0.336 e. The maximum absolute atomic E-state index is 13.7. The molecule has 6 nitrogen and oxygen atoms in total. The summed E-state index contributed by atoms with van der Waals surface area (Å²) < 4.78 is 33.5. The predicted molar refractivity (Wildman–Crippen MR) is 147 cm³/mol. The van der Waals surface area contributed by atoms with Gasteiger partial charge in [-0.3, -0.25) is 4.57 Å². The Kier molecular flexibility index (Phi) is 7.34. The zero-order valence-electron chi connectivity index (χ0n) is 22.4. The molecular formula is C29H37N2O4P. The van der Waals surface area contributed by atoms with Crippen LogP contribution in [0.4, 0.5) is 0 Å². The van der Waals surface area contributed by atoms with E-state index in [1.165, 1.54) is 0 Å². The minimum absolute atomic E-state index is 0.224. The molecule has 4 rings (SSSR count). The highest BCUT2D eigenvalue weighted by Gasteiger charge is 2.35. The quantitative estimate of drug-likeness (QED) is 0.226. The molecule has 0 fully saturated rings. The second kappa shape index (κ2) is 10.0. The smallest absolute Gasteiger partial charge is 0.336 e. The van der Waals surface area contributed by atoms with Crippen molar-refractivity contribution >= 4 is 29.5 Å². The van der Waals surface area contributed by atoms with Crippen LogP contribution < -0.4 is 4.74 Å². The number of benzene rings is 2. The van der Waals surface area contributed by atoms with Crippen molar-refractivity contribution in [3.63, 3.8) is 0 Å². The van der Waals surface area contributed by atoms with Crippen LogP contribution in [0.1, 0.15) is 59.6 Å². The van der Waals surface area contributed by atoms with E-state index in [4.69, 9.17) is 18.8 Å². The molecule has 2 heterocycles. The molecule has 0 unspecified atom stereocenters. The van der Waals surface area contributed by atoms with Crippen molar-refractivity contribution in [2.45, 2.75) is 72.4 Å². The summed E-state index contributed by atoms with van der Waals surface area (Å²) in [6, 6.07) is 20.5. The van der Waals surface area contributed by atoms with Gasteiger partial charge in [-0.25, -0.2) is 4.98 Å². The van der Waals surface area contributed by atoms with Gasteiger partial charge in [0.1, 0.15) is 5.52 Å². The number of aromatic nitrogens is 2. The van der Waals surface area contributed by atoms with Crippen molar-refractivity contribution in [1.82, 2.24) is 9.55 Å².